The first kappa shape index (κ1) is 13.6. The third-order valence-electron chi connectivity index (χ3n) is 2.12. The van der Waals surface area contributed by atoms with E-state index in [2.05, 4.69) is 18.8 Å². The van der Waals surface area contributed by atoms with Gasteiger partial charge in [0.05, 0.1) is 5.88 Å². The van der Waals surface area contributed by atoms with E-state index in [9.17, 15) is 4.79 Å². The van der Waals surface area contributed by atoms with Crippen molar-refractivity contribution in [3.63, 3.8) is 0 Å². The zero-order valence-corrected chi connectivity index (χ0v) is 11.3. The molecule has 1 unspecified atom stereocenters. The van der Waals surface area contributed by atoms with Gasteiger partial charge >= 0.3 is 0 Å². The lowest BCUT2D eigenvalue weighted by molar-refractivity contribution is 0.0292. The van der Waals surface area contributed by atoms with E-state index >= 15 is 0 Å². The van der Waals surface area contributed by atoms with Gasteiger partial charge in [-0.25, -0.2) is 4.98 Å². The summed E-state index contributed by atoms with van der Waals surface area (Å²) in [5.41, 5.74) is 0.445. The van der Waals surface area contributed by atoms with E-state index in [1.165, 1.54) is 11.3 Å². The molecule has 0 saturated carbocycles. The molecule has 0 aliphatic heterocycles. The van der Waals surface area contributed by atoms with Gasteiger partial charge in [0, 0.05) is 12.0 Å². The molecule has 0 spiro atoms. The molecule has 1 atom stereocenters. The number of halogens is 1. The lowest BCUT2D eigenvalue weighted by atomic mass is 10.1. The van der Waals surface area contributed by atoms with Gasteiger partial charge in [0.2, 0.25) is 0 Å². The molecular weight excluding hydrogens is 246 g/mol. The maximum Gasteiger partial charge on any atom is 0.196 e. The summed E-state index contributed by atoms with van der Waals surface area (Å²) in [6.07, 6.45) is -0.0353. The highest BCUT2D eigenvalue weighted by molar-refractivity contribution is 7.09. The average molecular weight is 262 g/mol. The van der Waals surface area contributed by atoms with E-state index in [0.29, 0.717) is 18.2 Å². The summed E-state index contributed by atoms with van der Waals surface area (Å²) in [6, 6.07) is 0. The first-order chi connectivity index (χ1) is 7.60. The zero-order valence-electron chi connectivity index (χ0n) is 9.70. The van der Waals surface area contributed by atoms with Gasteiger partial charge in [-0.2, -0.15) is 0 Å². The van der Waals surface area contributed by atoms with E-state index < -0.39 is 0 Å². The number of hydrogen-bond acceptors (Lipinski definition) is 4. The largest absolute Gasteiger partial charge is 0.371 e. The van der Waals surface area contributed by atoms with Crippen molar-refractivity contribution in [2.24, 2.45) is 5.92 Å². The fraction of sp³-hybridized carbons (Fsp3) is 0.636. The number of aromatic nitrogens is 1. The van der Waals surface area contributed by atoms with Crippen molar-refractivity contribution in [1.82, 2.24) is 4.98 Å². The minimum absolute atomic E-state index is 0.0237. The van der Waals surface area contributed by atoms with Crippen LogP contribution < -0.4 is 0 Å². The van der Waals surface area contributed by atoms with Crippen LogP contribution in [0.3, 0.4) is 0 Å². The molecule has 1 aromatic heterocycles. The molecule has 1 aromatic rings. The van der Waals surface area contributed by atoms with Crippen molar-refractivity contribution in [3.8, 4) is 0 Å². The van der Waals surface area contributed by atoms with Crippen LogP contribution in [-0.2, 0) is 4.74 Å². The third-order valence-corrected chi connectivity index (χ3v) is 3.27. The van der Waals surface area contributed by atoms with Gasteiger partial charge in [-0.05, 0) is 12.8 Å². The number of ether oxygens (including phenoxy) is 1. The number of nitrogens with zero attached hydrogens (tertiary/aromatic N) is 1. The fourth-order valence-corrected chi connectivity index (χ4v) is 2.52. The fourth-order valence-electron chi connectivity index (χ4n) is 1.34. The number of carbonyl (C=O) groups is 1. The van der Waals surface area contributed by atoms with Gasteiger partial charge in [-0.3, -0.25) is 4.79 Å². The van der Waals surface area contributed by atoms with Crippen LogP contribution in [0.25, 0.3) is 0 Å². The summed E-state index contributed by atoms with van der Waals surface area (Å²) in [4.78, 5) is 15.6. The van der Waals surface area contributed by atoms with Crippen LogP contribution in [0.2, 0.25) is 0 Å². The molecule has 0 aliphatic rings. The van der Waals surface area contributed by atoms with E-state index in [-0.39, 0.29) is 17.8 Å². The minimum atomic E-state index is -0.136. The number of ketones is 1. The molecule has 0 fully saturated rings. The smallest absolute Gasteiger partial charge is 0.196 e. The van der Waals surface area contributed by atoms with Crippen LogP contribution >= 0.6 is 22.9 Å². The predicted molar refractivity (Wildman–Crippen MR) is 66.4 cm³/mol. The Bertz CT molecular complexity index is 352. The molecule has 90 valence electrons. The Kier molecular flexibility index (Phi) is 5.38. The second-order valence-electron chi connectivity index (χ2n) is 3.75. The standard InChI is InChI=1S/C11H16ClNO2S/c1-4-15-10(7(2)3)11-13-8(6-16-11)9(14)5-12/h6-7,10H,4-5H2,1-3H3. The quantitative estimate of drug-likeness (QED) is 0.583. The normalized spacial score (nSPS) is 13.1. The maximum absolute atomic E-state index is 11.3. The van der Waals surface area contributed by atoms with Crippen molar-refractivity contribution in [2.75, 3.05) is 12.5 Å². The molecule has 0 bridgehead atoms. The monoisotopic (exact) mass is 261 g/mol. The molecule has 0 amide bonds. The van der Waals surface area contributed by atoms with Gasteiger partial charge in [0.25, 0.3) is 0 Å². The zero-order chi connectivity index (χ0) is 12.1. The van der Waals surface area contributed by atoms with Crippen LogP contribution in [0.1, 0.15) is 42.4 Å². The predicted octanol–water partition coefficient (Wildman–Crippen LogP) is 3.30. The van der Waals surface area contributed by atoms with E-state index in [4.69, 9.17) is 16.3 Å². The number of hydrogen-bond donors (Lipinski definition) is 0. The molecule has 5 heteroatoms. The van der Waals surface area contributed by atoms with Gasteiger partial charge in [-0.1, -0.05) is 13.8 Å². The van der Waals surface area contributed by atoms with Crippen molar-refractivity contribution < 1.29 is 9.53 Å². The van der Waals surface area contributed by atoms with Gasteiger partial charge in [-0.15, -0.1) is 22.9 Å². The lowest BCUT2D eigenvalue weighted by Gasteiger charge is -2.17. The number of carbonyl (C=O) groups excluding carboxylic acids is 1. The molecule has 0 radical (unpaired) electrons. The number of alkyl halides is 1. The van der Waals surface area contributed by atoms with Gasteiger partial charge in [0.15, 0.2) is 5.78 Å². The summed E-state index contributed by atoms with van der Waals surface area (Å²) in [7, 11) is 0. The van der Waals surface area contributed by atoms with Crippen molar-refractivity contribution in [1.29, 1.82) is 0 Å². The molecule has 3 nitrogen and oxygen atoms in total. The van der Waals surface area contributed by atoms with Crippen molar-refractivity contribution in [2.45, 2.75) is 26.9 Å². The van der Waals surface area contributed by atoms with Crippen molar-refractivity contribution in [3.05, 3.63) is 16.1 Å². The van der Waals surface area contributed by atoms with E-state index in [1.807, 2.05) is 6.92 Å². The molecule has 0 saturated heterocycles. The van der Waals surface area contributed by atoms with E-state index in [1.54, 1.807) is 5.38 Å². The van der Waals surface area contributed by atoms with Crippen LogP contribution in [-0.4, -0.2) is 23.3 Å². The number of thiazole rings is 1. The minimum Gasteiger partial charge on any atom is -0.371 e. The third kappa shape index (κ3) is 3.27. The SMILES string of the molecule is CCOC(c1nc(C(=O)CCl)cs1)C(C)C. The Morgan fingerprint density at radius 3 is 2.81 bits per heavy atom. The summed E-state index contributed by atoms with van der Waals surface area (Å²) >= 11 is 6.94. The topological polar surface area (TPSA) is 39.2 Å². The van der Waals surface area contributed by atoms with Crippen LogP contribution in [0, 0.1) is 5.92 Å². The Morgan fingerprint density at radius 1 is 1.62 bits per heavy atom. The number of rotatable bonds is 6. The molecular formula is C11H16ClNO2S. The lowest BCUT2D eigenvalue weighted by Crippen LogP contribution is -2.11. The highest BCUT2D eigenvalue weighted by atomic mass is 35.5. The van der Waals surface area contributed by atoms with Crippen LogP contribution in [0.15, 0.2) is 5.38 Å². The first-order valence-corrected chi connectivity index (χ1v) is 6.67. The molecule has 1 heterocycles. The highest BCUT2D eigenvalue weighted by Gasteiger charge is 2.21. The Labute approximate surface area is 105 Å². The summed E-state index contributed by atoms with van der Waals surface area (Å²) < 4.78 is 5.62. The maximum atomic E-state index is 11.3. The Balaban J connectivity index is 2.85. The summed E-state index contributed by atoms with van der Waals surface area (Å²) in [6.45, 7) is 6.74. The van der Waals surface area contributed by atoms with Crippen LogP contribution in [0.5, 0.6) is 0 Å². The van der Waals surface area contributed by atoms with Crippen LogP contribution in [0.4, 0.5) is 0 Å². The summed E-state index contributed by atoms with van der Waals surface area (Å²) in [5.74, 6) is 0.178. The molecule has 0 aliphatic carbocycles. The Morgan fingerprint density at radius 2 is 2.31 bits per heavy atom. The highest BCUT2D eigenvalue weighted by Crippen LogP contribution is 2.28. The number of Topliss-reactive ketones (excluding diaryl/α,β-unsaturated/α-hetero) is 1. The first-order valence-electron chi connectivity index (χ1n) is 5.26. The second-order valence-corrected chi connectivity index (χ2v) is 4.90. The van der Waals surface area contributed by atoms with E-state index in [0.717, 1.165) is 5.01 Å². The Hall–Kier alpha value is -0.450. The van der Waals surface area contributed by atoms with Gasteiger partial charge < -0.3 is 4.74 Å². The van der Waals surface area contributed by atoms with Crippen molar-refractivity contribution >= 4 is 28.7 Å². The second kappa shape index (κ2) is 6.33. The average Bonchev–Trinajstić information content (AvgIpc) is 2.73. The molecule has 0 N–H and O–H groups in total. The summed E-state index contributed by atoms with van der Waals surface area (Å²) in [5, 5.41) is 2.60. The van der Waals surface area contributed by atoms with Gasteiger partial charge in [0.1, 0.15) is 16.8 Å². The molecule has 0 aromatic carbocycles. The molecule has 1 rings (SSSR count). The molecule has 16 heavy (non-hydrogen) atoms.